The van der Waals surface area contributed by atoms with Crippen LogP contribution in [0.25, 0.3) is 0 Å². The molecule has 1 fully saturated rings. The Morgan fingerprint density at radius 1 is 1.68 bits per heavy atom. The molecule has 0 aliphatic carbocycles. The van der Waals surface area contributed by atoms with Crippen molar-refractivity contribution in [3.05, 3.63) is 0 Å². The molecule has 0 radical (unpaired) electrons. The van der Waals surface area contributed by atoms with Gasteiger partial charge in [-0.25, -0.2) is 8.42 Å². The molecule has 0 spiro atoms. The van der Waals surface area contributed by atoms with Gasteiger partial charge in [0.05, 0.1) is 6.10 Å². The normalized spacial score (nSPS) is 27.6. The van der Waals surface area contributed by atoms with Crippen molar-refractivity contribution >= 4 is 32.2 Å². The Morgan fingerprint density at radius 3 is 2.89 bits per heavy atom. The Bertz CT molecular complexity index is 571. The zero-order valence-corrected chi connectivity index (χ0v) is 12.3. The molecule has 1 aromatic rings. The second-order valence-electron chi connectivity index (χ2n) is 4.72. The van der Waals surface area contributed by atoms with E-state index in [1.54, 1.807) is 6.92 Å². The van der Waals surface area contributed by atoms with Crippen LogP contribution in [0.4, 0.5) is 10.8 Å². The number of nitrogens with two attached hydrogens (primary N) is 1. The first-order valence-electron chi connectivity index (χ1n) is 5.77. The van der Waals surface area contributed by atoms with Crippen LogP contribution in [0.3, 0.4) is 0 Å². The molecule has 2 atom stereocenters. The molecule has 0 aromatic carbocycles. The van der Waals surface area contributed by atoms with Gasteiger partial charge in [0.2, 0.25) is 0 Å². The first-order valence-corrected chi connectivity index (χ1v) is 8.43. The predicted molar refractivity (Wildman–Crippen MR) is 73.1 cm³/mol. The molecule has 2 unspecified atom stereocenters. The zero-order valence-electron chi connectivity index (χ0n) is 10.7. The third kappa shape index (κ3) is 2.83. The monoisotopic (exact) mass is 307 g/mol. The summed E-state index contributed by atoms with van der Waals surface area (Å²) < 4.78 is 32.4. The molecule has 9 heteroatoms. The van der Waals surface area contributed by atoms with Gasteiger partial charge >= 0.3 is 0 Å². The molecule has 1 aliphatic rings. The summed E-state index contributed by atoms with van der Waals surface area (Å²) in [5.74, 6) is -0.0160. The summed E-state index contributed by atoms with van der Waals surface area (Å²) in [5.41, 5.74) is 4.56. The lowest BCUT2D eigenvalue weighted by molar-refractivity contribution is -0.0175. The highest BCUT2D eigenvalue weighted by molar-refractivity contribution is 7.91. The third-order valence-electron chi connectivity index (χ3n) is 3.26. The summed E-state index contributed by atoms with van der Waals surface area (Å²) >= 11 is 0.969. The van der Waals surface area contributed by atoms with Crippen LogP contribution >= 0.6 is 11.5 Å². The van der Waals surface area contributed by atoms with Crippen molar-refractivity contribution in [1.82, 2.24) is 4.37 Å². The maximum atomic E-state index is 11.6. The van der Waals surface area contributed by atoms with E-state index in [1.165, 1.54) is 0 Å². The number of nitrogens with zero attached hydrogens (tertiary/aromatic N) is 1. The number of rotatable bonds is 4. The van der Waals surface area contributed by atoms with Crippen LogP contribution in [0.2, 0.25) is 0 Å². The average molecular weight is 307 g/mol. The number of hydrogen-bond acceptors (Lipinski definition) is 8. The van der Waals surface area contributed by atoms with Gasteiger partial charge in [-0.1, -0.05) is 0 Å². The third-order valence-corrected chi connectivity index (χ3v) is 5.36. The van der Waals surface area contributed by atoms with Gasteiger partial charge in [-0.3, -0.25) is 0 Å². The molecule has 0 bridgehead atoms. The van der Waals surface area contributed by atoms with Gasteiger partial charge in [-0.15, -0.1) is 0 Å². The largest absolute Gasteiger partial charge is 0.385 e. The Balaban J connectivity index is 2.17. The van der Waals surface area contributed by atoms with Gasteiger partial charge in [-0.05, 0) is 18.5 Å². The van der Waals surface area contributed by atoms with Crippen molar-refractivity contribution in [2.75, 3.05) is 30.5 Å². The van der Waals surface area contributed by atoms with Gasteiger partial charge < -0.3 is 20.9 Å². The fourth-order valence-electron chi connectivity index (χ4n) is 2.00. The lowest BCUT2D eigenvalue weighted by atomic mass is 9.97. The Labute approximate surface area is 115 Å². The molecule has 1 aliphatic heterocycles. The van der Waals surface area contributed by atoms with Crippen molar-refractivity contribution in [3.8, 4) is 0 Å². The van der Waals surface area contributed by atoms with Crippen molar-refractivity contribution in [3.63, 3.8) is 0 Å². The van der Waals surface area contributed by atoms with E-state index in [4.69, 9.17) is 10.5 Å². The molecule has 4 N–H and O–H groups in total. The van der Waals surface area contributed by atoms with Crippen molar-refractivity contribution in [2.45, 2.75) is 29.9 Å². The van der Waals surface area contributed by atoms with E-state index < -0.39 is 15.4 Å². The maximum Gasteiger partial charge on any atom is 0.182 e. The van der Waals surface area contributed by atoms with Crippen LogP contribution in [0.5, 0.6) is 0 Å². The van der Waals surface area contributed by atoms with Crippen LogP contribution in [0.15, 0.2) is 4.90 Å². The number of nitrogens with one attached hydrogen (secondary N) is 1. The van der Waals surface area contributed by atoms with Gasteiger partial charge in [0.15, 0.2) is 15.7 Å². The van der Waals surface area contributed by atoms with E-state index in [2.05, 4.69) is 9.69 Å². The van der Waals surface area contributed by atoms with Crippen molar-refractivity contribution in [1.29, 1.82) is 0 Å². The SMILES string of the molecule is CC1OCCC1(O)CNc1snc(N)c1S(C)(=O)=O. The van der Waals surface area contributed by atoms with E-state index in [0.29, 0.717) is 18.0 Å². The van der Waals surface area contributed by atoms with Crippen LogP contribution in [-0.4, -0.2) is 49.0 Å². The van der Waals surface area contributed by atoms with Gasteiger partial charge in [-0.2, -0.15) is 4.37 Å². The minimum atomic E-state index is -3.45. The van der Waals surface area contributed by atoms with E-state index in [0.717, 1.165) is 17.8 Å². The lowest BCUT2D eigenvalue weighted by Gasteiger charge is -2.26. The van der Waals surface area contributed by atoms with Crippen molar-refractivity contribution in [2.24, 2.45) is 0 Å². The topological polar surface area (TPSA) is 115 Å². The van der Waals surface area contributed by atoms with E-state index in [-0.39, 0.29) is 23.4 Å². The van der Waals surface area contributed by atoms with Gasteiger partial charge in [0.25, 0.3) is 0 Å². The molecular weight excluding hydrogens is 290 g/mol. The fourth-order valence-corrected chi connectivity index (χ4v) is 4.06. The molecule has 2 heterocycles. The van der Waals surface area contributed by atoms with Crippen molar-refractivity contribution < 1.29 is 18.3 Å². The van der Waals surface area contributed by atoms with Crippen LogP contribution < -0.4 is 11.1 Å². The van der Waals surface area contributed by atoms with Crippen LogP contribution in [-0.2, 0) is 14.6 Å². The molecule has 7 nitrogen and oxygen atoms in total. The summed E-state index contributed by atoms with van der Waals surface area (Å²) in [4.78, 5) is -0.00679. The number of hydrogen-bond donors (Lipinski definition) is 3. The second-order valence-corrected chi connectivity index (χ2v) is 7.44. The van der Waals surface area contributed by atoms with Gasteiger partial charge in [0, 0.05) is 25.8 Å². The molecule has 19 heavy (non-hydrogen) atoms. The molecule has 2 rings (SSSR count). The molecule has 1 aromatic heterocycles. The first kappa shape index (κ1) is 14.5. The fraction of sp³-hybridized carbons (Fsp3) is 0.700. The minimum Gasteiger partial charge on any atom is -0.385 e. The highest BCUT2D eigenvalue weighted by Crippen LogP contribution is 2.33. The first-order chi connectivity index (χ1) is 8.74. The number of aliphatic hydroxyl groups is 1. The minimum absolute atomic E-state index is 0.00679. The smallest absolute Gasteiger partial charge is 0.182 e. The molecule has 0 amide bonds. The van der Waals surface area contributed by atoms with Crippen LogP contribution in [0.1, 0.15) is 13.3 Å². The zero-order chi connectivity index (χ0) is 14.3. The number of ether oxygens (including phenoxy) is 1. The highest BCUT2D eigenvalue weighted by atomic mass is 32.2. The number of sulfone groups is 1. The predicted octanol–water partition coefficient (Wildman–Crippen LogP) is 0.0806. The molecule has 0 saturated carbocycles. The molecular formula is C10H17N3O4S2. The quantitative estimate of drug-likeness (QED) is 0.721. The van der Waals surface area contributed by atoms with E-state index in [1.807, 2.05) is 0 Å². The Morgan fingerprint density at radius 2 is 2.37 bits per heavy atom. The summed E-state index contributed by atoms with van der Waals surface area (Å²) in [7, 11) is -3.45. The highest BCUT2D eigenvalue weighted by Gasteiger charge is 2.39. The van der Waals surface area contributed by atoms with Gasteiger partial charge in [0.1, 0.15) is 15.5 Å². The Hall–Kier alpha value is -0.900. The summed E-state index contributed by atoms with van der Waals surface area (Å²) in [6, 6.07) is 0. The maximum absolute atomic E-state index is 11.6. The second kappa shape index (κ2) is 4.89. The molecule has 1 saturated heterocycles. The molecule has 108 valence electrons. The number of aromatic nitrogens is 1. The number of anilines is 2. The average Bonchev–Trinajstić information content (AvgIpc) is 2.81. The summed E-state index contributed by atoms with van der Waals surface area (Å²) in [6.45, 7) is 2.47. The summed E-state index contributed by atoms with van der Waals surface area (Å²) in [6.07, 6.45) is 1.28. The standard InChI is InChI=1S/C10H17N3O4S2/c1-6-10(14,3-4-17-6)5-12-9-7(19(2,15)16)8(11)13-18-9/h6,12,14H,3-5H2,1-2H3,(H2,11,13). The number of nitrogen functional groups attached to an aromatic ring is 1. The lowest BCUT2D eigenvalue weighted by Crippen LogP contribution is -2.43. The van der Waals surface area contributed by atoms with E-state index >= 15 is 0 Å². The Kier molecular flexibility index (Phi) is 3.74. The van der Waals surface area contributed by atoms with E-state index in [9.17, 15) is 13.5 Å². The summed E-state index contributed by atoms with van der Waals surface area (Å²) in [5, 5.41) is 13.6. The van der Waals surface area contributed by atoms with Crippen LogP contribution in [0, 0.1) is 0 Å².